The van der Waals surface area contributed by atoms with Crippen molar-refractivity contribution in [3.63, 3.8) is 0 Å². The van der Waals surface area contributed by atoms with Gasteiger partial charge in [0.15, 0.2) is 0 Å². The minimum Gasteiger partial charge on any atom is -0.337 e. The van der Waals surface area contributed by atoms with Gasteiger partial charge in [-0.25, -0.2) is 4.39 Å². The van der Waals surface area contributed by atoms with Crippen LogP contribution in [0.25, 0.3) is 11.4 Å². The summed E-state index contributed by atoms with van der Waals surface area (Å²) < 4.78 is 18.8. The average molecular weight is 415 g/mol. The fourth-order valence-corrected chi connectivity index (χ4v) is 3.35. The molecule has 1 N–H and O–H groups in total. The van der Waals surface area contributed by atoms with Gasteiger partial charge in [0.1, 0.15) is 5.82 Å². The van der Waals surface area contributed by atoms with E-state index in [4.69, 9.17) is 4.52 Å². The van der Waals surface area contributed by atoms with E-state index in [1.54, 1.807) is 30.8 Å². The Hall–Kier alpha value is -2.71. The van der Waals surface area contributed by atoms with E-state index in [9.17, 15) is 9.18 Å². The topological polar surface area (TPSA) is 71.3 Å². The fraction of sp³-hybridized carbons (Fsp3) is 0.286. The maximum atomic E-state index is 13.5. The van der Waals surface area contributed by atoms with E-state index in [0.717, 1.165) is 10.6 Å². The maximum absolute atomic E-state index is 13.5. The molecule has 1 aromatic heterocycles. The van der Waals surface area contributed by atoms with Gasteiger partial charge in [0.2, 0.25) is 17.6 Å². The van der Waals surface area contributed by atoms with Crippen molar-refractivity contribution in [1.29, 1.82) is 0 Å². The van der Waals surface area contributed by atoms with Crippen molar-refractivity contribution < 1.29 is 13.7 Å². The second kappa shape index (κ2) is 9.19. The number of carbonyl (C=O) groups excluding carboxylic acids is 1. The molecule has 0 saturated heterocycles. The van der Waals surface area contributed by atoms with Crippen LogP contribution in [0.4, 0.5) is 10.1 Å². The minimum absolute atomic E-state index is 0.130. The highest BCUT2D eigenvalue weighted by Gasteiger charge is 2.21. The van der Waals surface area contributed by atoms with Crippen LogP contribution in [0.15, 0.2) is 51.9 Å². The summed E-state index contributed by atoms with van der Waals surface area (Å²) in [6.07, 6.45) is 1.97. The lowest BCUT2D eigenvalue weighted by molar-refractivity contribution is -0.117. The zero-order chi connectivity index (χ0) is 21.0. The van der Waals surface area contributed by atoms with E-state index in [1.165, 1.54) is 6.07 Å². The molecule has 152 valence electrons. The molecular formula is C21H23FN4O2S. The van der Waals surface area contributed by atoms with Crippen molar-refractivity contribution in [3.05, 3.63) is 59.7 Å². The molecule has 0 aliphatic heterocycles. The van der Waals surface area contributed by atoms with Gasteiger partial charge in [0.05, 0.1) is 18.3 Å². The highest BCUT2D eigenvalue weighted by atomic mass is 32.2. The Morgan fingerprint density at radius 1 is 1.31 bits per heavy atom. The Labute approximate surface area is 173 Å². The smallest absolute Gasteiger partial charge is 0.244 e. The highest BCUT2D eigenvalue weighted by Crippen LogP contribution is 2.25. The number of aromatic nitrogens is 2. The summed E-state index contributed by atoms with van der Waals surface area (Å²) in [5.74, 6) is 0.373. The van der Waals surface area contributed by atoms with E-state index < -0.39 is 0 Å². The van der Waals surface area contributed by atoms with Gasteiger partial charge in [-0.1, -0.05) is 17.3 Å². The number of aryl methyl sites for hydroxylation is 1. The number of halogens is 1. The number of rotatable bonds is 7. The molecule has 3 aromatic rings. The number of anilines is 1. The molecule has 1 heterocycles. The number of hydrogen-bond acceptors (Lipinski definition) is 6. The van der Waals surface area contributed by atoms with Crippen LogP contribution in [0.3, 0.4) is 0 Å². The molecule has 0 fully saturated rings. The molecule has 0 aliphatic carbocycles. The van der Waals surface area contributed by atoms with Crippen LogP contribution in [0.2, 0.25) is 0 Å². The molecule has 8 heteroatoms. The van der Waals surface area contributed by atoms with Gasteiger partial charge >= 0.3 is 0 Å². The number of para-hydroxylation sites is 1. The summed E-state index contributed by atoms with van der Waals surface area (Å²) in [4.78, 5) is 19.7. The molecule has 0 spiro atoms. The number of likely N-dealkylation sites (N-methyl/N-ethyl adjacent to an activating group) is 1. The van der Waals surface area contributed by atoms with Crippen molar-refractivity contribution in [2.45, 2.75) is 24.8 Å². The number of hydrogen-bond donors (Lipinski definition) is 1. The predicted molar refractivity (Wildman–Crippen MR) is 112 cm³/mol. The number of thioether (sulfide) groups is 1. The number of nitrogens with one attached hydrogen (secondary N) is 1. The molecule has 0 bridgehead atoms. The molecule has 1 amide bonds. The standard InChI is InChI=1S/C21H23FN4O2S/c1-13-11-15(9-10-16(13)22)20-24-21(28-25-20)14(2)26(3)12-19(27)23-17-7-5-6-8-18(17)29-4/h5-11,14H,12H2,1-4H3,(H,23,27). The van der Waals surface area contributed by atoms with Crippen LogP contribution in [0, 0.1) is 12.7 Å². The van der Waals surface area contributed by atoms with Crippen LogP contribution >= 0.6 is 11.8 Å². The number of benzene rings is 2. The van der Waals surface area contributed by atoms with Crippen LogP contribution in [-0.2, 0) is 4.79 Å². The van der Waals surface area contributed by atoms with E-state index in [0.29, 0.717) is 22.8 Å². The monoisotopic (exact) mass is 414 g/mol. The summed E-state index contributed by atoms with van der Waals surface area (Å²) in [5, 5.41) is 6.93. The van der Waals surface area contributed by atoms with Crippen LogP contribution < -0.4 is 5.32 Å². The predicted octanol–water partition coefficient (Wildman–Crippen LogP) is 4.54. The van der Waals surface area contributed by atoms with Crippen LogP contribution in [0.1, 0.15) is 24.4 Å². The molecule has 2 aromatic carbocycles. The zero-order valence-electron chi connectivity index (χ0n) is 16.8. The first-order valence-electron chi connectivity index (χ1n) is 9.12. The fourth-order valence-electron chi connectivity index (χ4n) is 2.80. The highest BCUT2D eigenvalue weighted by molar-refractivity contribution is 7.98. The molecule has 6 nitrogen and oxygen atoms in total. The van der Waals surface area contributed by atoms with Gasteiger partial charge < -0.3 is 9.84 Å². The zero-order valence-corrected chi connectivity index (χ0v) is 17.6. The quantitative estimate of drug-likeness (QED) is 0.573. The largest absolute Gasteiger partial charge is 0.337 e. The third-order valence-electron chi connectivity index (χ3n) is 4.65. The second-order valence-corrected chi connectivity index (χ2v) is 7.61. The summed E-state index contributed by atoms with van der Waals surface area (Å²) in [6, 6.07) is 12.1. The lowest BCUT2D eigenvalue weighted by atomic mass is 10.1. The number of nitrogens with zero attached hydrogens (tertiary/aromatic N) is 3. The Morgan fingerprint density at radius 2 is 2.07 bits per heavy atom. The SMILES string of the molecule is CSc1ccccc1NC(=O)CN(C)C(C)c1nc(-c2ccc(F)c(C)c2)no1. The molecular weight excluding hydrogens is 391 g/mol. The molecule has 0 saturated carbocycles. The van der Waals surface area contributed by atoms with Crippen LogP contribution in [0.5, 0.6) is 0 Å². The van der Waals surface area contributed by atoms with Gasteiger partial charge in [0.25, 0.3) is 0 Å². The molecule has 29 heavy (non-hydrogen) atoms. The first kappa shape index (κ1) is 21.0. The Bertz CT molecular complexity index is 1010. The van der Waals surface area contributed by atoms with Gasteiger partial charge in [-0.3, -0.25) is 9.69 Å². The molecule has 1 unspecified atom stereocenters. The Balaban J connectivity index is 1.65. The minimum atomic E-state index is -0.278. The van der Waals surface area contributed by atoms with E-state index in [-0.39, 0.29) is 24.3 Å². The molecule has 1 atom stereocenters. The third kappa shape index (κ3) is 5.02. The second-order valence-electron chi connectivity index (χ2n) is 6.76. The number of carbonyl (C=O) groups is 1. The van der Waals surface area contributed by atoms with Crippen LogP contribution in [-0.4, -0.2) is 40.8 Å². The van der Waals surface area contributed by atoms with Gasteiger partial charge in [0, 0.05) is 10.5 Å². The molecule has 3 rings (SSSR count). The van der Waals surface area contributed by atoms with Gasteiger partial charge in [-0.2, -0.15) is 4.98 Å². The van der Waals surface area contributed by atoms with Crippen molar-refractivity contribution in [2.24, 2.45) is 0 Å². The van der Waals surface area contributed by atoms with Crippen molar-refractivity contribution >= 4 is 23.4 Å². The van der Waals surface area contributed by atoms with Gasteiger partial charge in [-0.15, -0.1) is 11.8 Å². The average Bonchev–Trinajstić information content (AvgIpc) is 3.20. The first-order valence-corrected chi connectivity index (χ1v) is 10.3. The summed E-state index contributed by atoms with van der Waals surface area (Å²) >= 11 is 1.58. The van der Waals surface area contributed by atoms with E-state index in [1.807, 2.05) is 49.4 Å². The number of amides is 1. The maximum Gasteiger partial charge on any atom is 0.244 e. The van der Waals surface area contributed by atoms with Crippen molar-refractivity contribution in [3.8, 4) is 11.4 Å². The normalized spacial score (nSPS) is 12.2. The van der Waals surface area contributed by atoms with Crippen molar-refractivity contribution in [2.75, 3.05) is 25.2 Å². The van der Waals surface area contributed by atoms with E-state index >= 15 is 0 Å². The third-order valence-corrected chi connectivity index (χ3v) is 5.45. The summed E-state index contributed by atoms with van der Waals surface area (Å²) in [5.41, 5.74) is 1.99. The van der Waals surface area contributed by atoms with Crippen molar-refractivity contribution in [1.82, 2.24) is 15.0 Å². The van der Waals surface area contributed by atoms with E-state index in [2.05, 4.69) is 15.5 Å². The molecule has 0 radical (unpaired) electrons. The molecule has 0 aliphatic rings. The summed E-state index contributed by atoms with van der Waals surface area (Å²) in [7, 11) is 1.82. The Morgan fingerprint density at radius 3 is 2.79 bits per heavy atom. The summed E-state index contributed by atoms with van der Waals surface area (Å²) in [6.45, 7) is 3.73. The first-order chi connectivity index (χ1) is 13.9. The van der Waals surface area contributed by atoms with Gasteiger partial charge in [-0.05, 0) is 63.0 Å². The lowest BCUT2D eigenvalue weighted by Gasteiger charge is -2.21. The Kier molecular flexibility index (Phi) is 6.66. The lowest BCUT2D eigenvalue weighted by Crippen LogP contribution is -2.32.